The molecule has 0 amide bonds. The number of hydrogen-bond acceptors (Lipinski definition) is 6. The normalized spacial score (nSPS) is 29.1. The van der Waals surface area contributed by atoms with Crippen molar-refractivity contribution in [1.29, 1.82) is 0 Å². The van der Waals surface area contributed by atoms with Gasteiger partial charge in [-0.2, -0.15) is 0 Å². The fourth-order valence-corrected chi connectivity index (χ4v) is 5.47. The second-order valence-corrected chi connectivity index (χ2v) is 12.0. The third kappa shape index (κ3) is 5.27. The van der Waals surface area contributed by atoms with Gasteiger partial charge in [-0.3, -0.25) is 19.4 Å². The average molecular weight is 439 g/mol. The Hall–Kier alpha value is -1.14. The standard InChI is InChI=1S/C25H46N2O4/c1-22(2)16-18(24(5,6)26(22)9)20(28)30-14-12-11-13-15-31-21(29)19-17-23(3,4)27(10)25(19,7)8/h18-19H,11-17H2,1-10H3. The van der Waals surface area contributed by atoms with E-state index in [2.05, 4.69) is 79.3 Å². The van der Waals surface area contributed by atoms with Gasteiger partial charge in [-0.25, -0.2) is 0 Å². The average Bonchev–Trinajstić information content (AvgIpc) is 2.93. The second kappa shape index (κ2) is 9.01. The quantitative estimate of drug-likeness (QED) is 0.417. The van der Waals surface area contributed by atoms with Gasteiger partial charge < -0.3 is 9.47 Å². The van der Waals surface area contributed by atoms with E-state index in [-0.39, 0.29) is 45.9 Å². The zero-order chi connectivity index (χ0) is 23.8. The topological polar surface area (TPSA) is 59.1 Å². The monoisotopic (exact) mass is 438 g/mol. The molecule has 2 rings (SSSR count). The maximum absolute atomic E-state index is 12.6. The molecule has 0 saturated carbocycles. The minimum absolute atomic E-state index is 0.00499. The Kier molecular flexibility index (Phi) is 7.59. The van der Waals surface area contributed by atoms with Crippen molar-refractivity contribution in [2.75, 3.05) is 27.3 Å². The Morgan fingerprint density at radius 2 is 1.00 bits per heavy atom. The van der Waals surface area contributed by atoms with Crippen molar-refractivity contribution in [1.82, 2.24) is 9.80 Å². The number of carbonyl (C=O) groups is 2. The summed E-state index contributed by atoms with van der Waals surface area (Å²) in [5.74, 6) is -0.399. The van der Waals surface area contributed by atoms with Gasteiger partial charge in [-0.05, 0) is 102 Å². The first kappa shape index (κ1) is 26.1. The van der Waals surface area contributed by atoms with E-state index in [9.17, 15) is 9.59 Å². The summed E-state index contributed by atoms with van der Waals surface area (Å²) in [4.78, 5) is 29.8. The van der Waals surface area contributed by atoms with E-state index >= 15 is 0 Å². The summed E-state index contributed by atoms with van der Waals surface area (Å²) in [6.07, 6.45) is 4.09. The van der Waals surface area contributed by atoms with E-state index in [0.717, 1.165) is 32.1 Å². The Balaban J connectivity index is 1.66. The SMILES string of the molecule is CN1C(C)(C)CC(C(=O)OCCCCCOC(=O)C2CC(C)(C)N(C)C2(C)C)C1(C)C. The lowest BCUT2D eigenvalue weighted by Crippen LogP contribution is -2.48. The molecule has 2 saturated heterocycles. The first-order chi connectivity index (χ1) is 14.0. The Morgan fingerprint density at radius 3 is 1.26 bits per heavy atom. The lowest BCUT2D eigenvalue weighted by molar-refractivity contribution is -0.151. The highest BCUT2D eigenvalue weighted by atomic mass is 16.5. The van der Waals surface area contributed by atoms with Crippen molar-refractivity contribution in [3.63, 3.8) is 0 Å². The van der Waals surface area contributed by atoms with Crippen LogP contribution in [0.15, 0.2) is 0 Å². The second-order valence-electron chi connectivity index (χ2n) is 12.0. The highest BCUT2D eigenvalue weighted by molar-refractivity contribution is 5.75. The van der Waals surface area contributed by atoms with E-state index in [1.54, 1.807) is 0 Å². The summed E-state index contributed by atoms with van der Waals surface area (Å²) in [6, 6.07) is 0. The molecule has 0 aliphatic carbocycles. The number of carbonyl (C=O) groups excluding carboxylic acids is 2. The molecule has 0 aromatic heterocycles. The Labute approximate surface area is 190 Å². The molecule has 180 valence electrons. The van der Waals surface area contributed by atoms with Gasteiger partial charge in [0.1, 0.15) is 0 Å². The summed E-state index contributed by atoms with van der Waals surface area (Å²) >= 11 is 0. The molecule has 0 aromatic rings. The van der Waals surface area contributed by atoms with Crippen molar-refractivity contribution in [3.8, 4) is 0 Å². The van der Waals surface area contributed by atoms with E-state index in [0.29, 0.717) is 13.2 Å². The van der Waals surface area contributed by atoms with Crippen LogP contribution in [0.2, 0.25) is 0 Å². The summed E-state index contributed by atoms with van der Waals surface area (Å²) < 4.78 is 11.2. The fraction of sp³-hybridized carbons (Fsp3) is 0.920. The van der Waals surface area contributed by atoms with Gasteiger partial charge in [0.2, 0.25) is 0 Å². The smallest absolute Gasteiger partial charge is 0.310 e. The maximum Gasteiger partial charge on any atom is 0.310 e. The zero-order valence-electron chi connectivity index (χ0n) is 21.6. The largest absolute Gasteiger partial charge is 0.465 e. The summed E-state index contributed by atoms with van der Waals surface area (Å²) in [7, 11) is 4.17. The molecular formula is C25H46N2O4. The van der Waals surface area contributed by atoms with E-state index in [1.807, 2.05) is 0 Å². The number of hydrogen-bond donors (Lipinski definition) is 0. The minimum Gasteiger partial charge on any atom is -0.465 e. The number of ether oxygens (including phenoxy) is 2. The van der Waals surface area contributed by atoms with Gasteiger partial charge in [0.25, 0.3) is 0 Å². The first-order valence-corrected chi connectivity index (χ1v) is 11.9. The molecule has 2 aliphatic heterocycles. The van der Waals surface area contributed by atoms with Crippen LogP contribution < -0.4 is 0 Å². The van der Waals surface area contributed by atoms with Crippen LogP contribution in [0.1, 0.15) is 87.5 Å². The minimum atomic E-state index is -0.203. The molecule has 2 unspecified atom stereocenters. The Bertz CT molecular complexity index is 612. The van der Waals surface area contributed by atoms with Crippen LogP contribution in [-0.4, -0.2) is 71.2 Å². The predicted octanol–water partition coefficient (Wildman–Crippen LogP) is 4.26. The molecule has 6 nitrogen and oxygen atoms in total. The lowest BCUT2D eigenvalue weighted by atomic mass is 9.87. The first-order valence-electron chi connectivity index (χ1n) is 11.9. The molecule has 0 bridgehead atoms. The molecule has 2 fully saturated rings. The van der Waals surface area contributed by atoms with E-state index in [1.165, 1.54) is 0 Å². The van der Waals surface area contributed by atoms with Gasteiger partial charge in [0.05, 0.1) is 25.0 Å². The van der Waals surface area contributed by atoms with Crippen molar-refractivity contribution >= 4 is 11.9 Å². The molecule has 6 heteroatoms. The molecule has 0 N–H and O–H groups in total. The number of esters is 2. The van der Waals surface area contributed by atoms with Crippen LogP contribution in [0.25, 0.3) is 0 Å². The molecule has 2 heterocycles. The van der Waals surface area contributed by atoms with Gasteiger partial charge in [-0.15, -0.1) is 0 Å². The van der Waals surface area contributed by atoms with Crippen molar-refractivity contribution in [2.24, 2.45) is 11.8 Å². The third-order valence-electron chi connectivity index (χ3n) is 8.50. The highest BCUT2D eigenvalue weighted by Crippen LogP contribution is 2.45. The molecule has 2 atom stereocenters. The maximum atomic E-state index is 12.6. The predicted molar refractivity (Wildman–Crippen MR) is 124 cm³/mol. The number of rotatable bonds is 8. The third-order valence-corrected chi connectivity index (χ3v) is 8.50. The van der Waals surface area contributed by atoms with Crippen LogP contribution in [0.5, 0.6) is 0 Å². The molecular weight excluding hydrogens is 392 g/mol. The van der Waals surface area contributed by atoms with Crippen LogP contribution in [-0.2, 0) is 19.1 Å². The number of unbranched alkanes of at least 4 members (excludes halogenated alkanes) is 2. The van der Waals surface area contributed by atoms with Crippen molar-refractivity contribution < 1.29 is 19.1 Å². The summed E-state index contributed by atoms with van der Waals surface area (Å²) in [5.41, 5.74) is -0.416. The number of likely N-dealkylation sites (tertiary alicyclic amines) is 2. The van der Waals surface area contributed by atoms with Crippen LogP contribution in [0.4, 0.5) is 0 Å². The Morgan fingerprint density at radius 1 is 0.677 bits per heavy atom. The van der Waals surface area contributed by atoms with E-state index in [4.69, 9.17) is 9.47 Å². The van der Waals surface area contributed by atoms with Gasteiger partial charge in [-0.1, -0.05) is 0 Å². The van der Waals surface area contributed by atoms with Crippen LogP contribution >= 0.6 is 0 Å². The molecule has 0 radical (unpaired) electrons. The summed E-state index contributed by atoms with van der Waals surface area (Å²) in [6.45, 7) is 18.0. The van der Waals surface area contributed by atoms with Crippen LogP contribution in [0.3, 0.4) is 0 Å². The lowest BCUT2D eigenvalue weighted by Gasteiger charge is -2.37. The van der Waals surface area contributed by atoms with Gasteiger partial charge >= 0.3 is 11.9 Å². The van der Waals surface area contributed by atoms with Crippen molar-refractivity contribution in [3.05, 3.63) is 0 Å². The van der Waals surface area contributed by atoms with Crippen LogP contribution in [0, 0.1) is 11.8 Å². The molecule has 31 heavy (non-hydrogen) atoms. The fourth-order valence-electron chi connectivity index (χ4n) is 5.47. The van der Waals surface area contributed by atoms with Gasteiger partial charge in [0, 0.05) is 22.2 Å². The summed E-state index contributed by atoms with van der Waals surface area (Å²) in [5, 5.41) is 0. The van der Waals surface area contributed by atoms with Crippen molar-refractivity contribution in [2.45, 2.75) is 110 Å². The number of nitrogens with zero attached hydrogens (tertiary/aromatic N) is 2. The highest BCUT2D eigenvalue weighted by Gasteiger charge is 2.54. The van der Waals surface area contributed by atoms with Gasteiger partial charge in [0.15, 0.2) is 0 Å². The zero-order valence-corrected chi connectivity index (χ0v) is 21.6. The van der Waals surface area contributed by atoms with E-state index < -0.39 is 0 Å². The molecule has 2 aliphatic rings. The molecule has 0 aromatic carbocycles. The molecule has 0 spiro atoms.